The van der Waals surface area contributed by atoms with Gasteiger partial charge in [-0.25, -0.2) is 4.98 Å². The summed E-state index contributed by atoms with van der Waals surface area (Å²) in [4.78, 5) is 5.14. The first-order valence-electron chi connectivity index (χ1n) is 17.4. The quantitative estimate of drug-likeness (QED) is 0.161. The third kappa shape index (κ3) is 7.34. The average Bonchev–Trinajstić information content (AvgIpc) is 3.56. The Kier molecular flexibility index (Phi) is 9.81. The molecule has 0 fully saturated rings. The molecule has 9 rings (SSSR count). The van der Waals surface area contributed by atoms with Crippen LogP contribution in [-0.4, -0.2) is 9.55 Å². The molecule has 52 heavy (non-hydrogen) atoms. The molecule has 2 heterocycles. The van der Waals surface area contributed by atoms with Gasteiger partial charge in [-0.2, -0.15) is 0 Å². The van der Waals surface area contributed by atoms with Gasteiger partial charge in [0.25, 0.3) is 0 Å². The highest BCUT2D eigenvalue weighted by molar-refractivity contribution is 7.49. The van der Waals surface area contributed by atoms with Crippen molar-refractivity contribution in [3.8, 4) is 16.9 Å². The van der Waals surface area contributed by atoms with E-state index in [-0.39, 0.29) is 0 Å². The van der Waals surface area contributed by atoms with E-state index in [4.69, 9.17) is 4.98 Å². The van der Waals surface area contributed by atoms with Gasteiger partial charge in [-0.15, -0.1) is 0 Å². The van der Waals surface area contributed by atoms with Gasteiger partial charge in [-0.05, 0) is 84.9 Å². The Bertz CT molecular complexity index is 2390. The molecule has 4 nitrogen and oxygen atoms in total. The molecule has 1 atom stereocenters. The van der Waals surface area contributed by atoms with Gasteiger partial charge in [0.1, 0.15) is 0 Å². The summed E-state index contributed by atoms with van der Waals surface area (Å²) < 4.78 is 4.69. The van der Waals surface area contributed by atoms with Gasteiger partial charge in [0.15, 0.2) is 0 Å². The molecule has 9 aromatic rings. The Balaban J connectivity index is 0.000000250. The number of fused-ring (bicyclic) bond motifs is 3. The fourth-order valence-corrected chi connectivity index (χ4v) is 7.55. The summed E-state index contributed by atoms with van der Waals surface area (Å²) in [5.41, 5.74) is 11.2. The van der Waals surface area contributed by atoms with Crippen molar-refractivity contribution in [1.29, 1.82) is 0 Å². The number of hydrogen-bond acceptors (Lipinski definition) is 3. The zero-order chi connectivity index (χ0) is 35.0. The van der Waals surface area contributed by atoms with Crippen LogP contribution >= 0.6 is 8.73 Å². The molecule has 2 aromatic heterocycles. The highest BCUT2D eigenvalue weighted by Crippen LogP contribution is 2.36. The lowest BCUT2D eigenvalue weighted by molar-refractivity contribution is 1.18. The van der Waals surface area contributed by atoms with Crippen LogP contribution in [0.3, 0.4) is 0 Å². The standard InChI is InChI=1S/C35H26N3P.C12H11N/c1-3-14-27(15-4-1)38(28-16-5-2-6-17-28)39-35-24-12-21-32(36-35)26-13-11-18-29(25-26)37-33-22-9-7-19-30(33)31-20-8-10-23-34(31)37;1-3-7-11(8-4-1)13-12-9-5-2-6-10-12/h1-25,39H;1-10,13H. The minimum Gasteiger partial charge on any atom is -0.356 e. The van der Waals surface area contributed by atoms with Crippen LogP contribution in [0.5, 0.6) is 0 Å². The second kappa shape index (κ2) is 15.6. The smallest absolute Gasteiger partial charge is 0.0818 e. The normalized spacial score (nSPS) is 11.0. The van der Waals surface area contributed by atoms with Crippen LogP contribution < -0.4 is 15.4 Å². The summed E-state index contributed by atoms with van der Waals surface area (Å²) in [6, 6.07) is 73.6. The number of pyridine rings is 1. The number of benzene rings is 7. The minimum atomic E-state index is 0.358. The number of hydrogen-bond donors (Lipinski definition) is 1. The molecule has 0 aliphatic heterocycles. The molecule has 0 bridgehead atoms. The van der Waals surface area contributed by atoms with Gasteiger partial charge in [-0.3, -0.25) is 0 Å². The largest absolute Gasteiger partial charge is 0.356 e. The van der Waals surface area contributed by atoms with Crippen molar-refractivity contribution in [3.63, 3.8) is 0 Å². The van der Waals surface area contributed by atoms with Gasteiger partial charge in [0, 0.05) is 53.5 Å². The van der Waals surface area contributed by atoms with Gasteiger partial charge in [0.05, 0.1) is 22.2 Å². The molecule has 0 aliphatic rings. The topological polar surface area (TPSA) is 33.1 Å². The molecule has 0 amide bonds. The van der Waals surface area contributed by atoms with E-state index in [2.05, 4.69) is 166 Å². The fraction of sp³-hybridized carbons (Fsp3) is 0. The highest BCUT2D eigenvalue weighted by Gasteiger charge is 2.14. The molecule has 250 valence electrons. The average molecular weight is 689 g/mol. The molecule has 0 spiro atoms. The second-order valence-corrected chi connectivity index (χ2v) is 13.5. The van der Waals surface area contributed by atoms with E-state index in [1.54, 1.807) is 0 Å². The van der Waals surface area contributed by atoms with Crippen LogP contribution in [0.15, 0.2) is 212 Å². The molecular weight excluding hydrogens is 652 g/mol. The number of nitrogens with one attached hydrogen (secondary N) is 1. The number of nitrogens with zero attached hydrogens (tertiary/aromatic N) is 3. The van der Waals surface area contributed by atoms with Crippen molar-refractivity contribution < 1.29 is 0 Å². The molecule has 7 aromatic carbocycles. The van der Waals surface area contributed by atoms with Crippen molar-refractivity contribution in [2.75, 3.05) is 9.99 Å². The summed E-state index contributed by atoms with van der Waals surface area (Å²) in [5, 5.41) is 5.83. The monoisotopic (exact) mass is 688 g/mol. The third-order valence-electron chi connectivity index (χ3n) is 8.82. The predicted molar refractivity (Wildman–Crippen MR) is 223 cm³/mol. The molecular formula is C47H37N4P. The lowest BCUT2D eigenvalue weighted by atomic mass is 10.1. The van der Waals surface area contributed by atoms with Crippen LogP contribution in [-0.2, 0) is 0 Å². The zero-order valence-corrected chi connectivity index (χ0v) is 29.5. The Hall–Kier alpha value is -6.48. The van der Waals surface area contributed by atoms with Crippen molar-refractivity contribution >= 4 is 58.7 Å². The predicted octanol–water partition coefficient (Wildman–Crippen LogP) is 12.3. The maximum atomic E-state index is 5.14. The molecule has 1 unspecified atom stereocenters. The van der Waals surface area contributed by atoms with Crippen molar-refractivity contribution in [2.45, 2.75) is 0 Å². The van der Waals surface area contributed by atoms with E-state index < -0.39 is 0 Å². The number of aromatic nitrogens is 2. The second-order valence-electron chi connectivity index (χ2n) is 12.3. The van der Waals surface area contributed by atoms with Crippen LogP contribution in [0, 0.1) is 0 Å². The van der Waals surface area contributed by atoms with E-state index in [9.17, 15) is 0 Å². The molecule has 0 saturated carbocycles. The van der Waals surface area contributed by atoms with Gasteiger partial charge in [-0.1, -0.05) is 127 Å². The van der Waals surface area contributed by atoms with Crippen LogP contribution in [0.4, 0.5) is 22.7 Å². The van der Waals surface area contributed by atoms with E-state index in [0.717, 1.165) is 45.1 Å². The maximum absolute atomic E-state index is 5.14. The number of rotatable bonds is 8. The number of para-hydroxylation sites is 6. The summed E-state index contributed by atoms with van der Waals surface area (Å²) in [7, 11) is 0.358. The lowest BCUT2D eigenvalue weighted by Gasteiger charge is -2.24. The summed E-state index contributed by atoms with van der Waals surface area (Å²) >= 11 is 0. The van der Waals surface area contributed by atoms with E-state index >= 15 is 0 Å². The van der Waals surface area contributed by atoms with E-state index in [1.807, 2.05) is 60.7 Å². The molecule has 0 radical (unpaired) electrons. The van der Waals surface area contributed by atoms with Crippen molar-refractivity contribution in [1.82, 2.24) is 9.55 Å². The minimum absolute atomic E-state index is 0.358. The highest BCUT2D eigenvalue weighted by atomic mass is 31.1. The molecule has 0 aliphatic carbocycles. The van der Waals surface area contributed by atoms with Crippen LogP contribution in [0.25, 0.3) is 38.8 Å². The Morgan fingerprint density at radius 1 is 0.442 bits per heavy atom. The van der Waals surface area contributed by atoms with Gasteiger partial charge in [0.2, 0.25) is 0 Å². The first-order valence-corrected chi connectivity index (χ1v) is 18.3. The van der Waals surface area contributed by atoms with Crippen LogP contribution in [0.2, 0.25) is 0 Å². The maximum Gasteiger partial charge on any atom is 0.0818 e. The Labute approximate surface area is 306 Å². The Morgan fingerprint density at radius 2 is 0.923 bits per heavy atom. The van der Waals surface area contributed by atoms with E-state index in [0.29, 0.717) is 8.73 Å². The molecule has 1 N–H and O–H groups in total. The summed E-state index contributed by atoms with van der Waals surface area (Å²) in [6.45, 7) is 0. The fourth-order valence-electron chi connectivity index (χ4n) is 6.42. The molecule has 5 heteroatoms. The first-order chi connectivity index (χ1) is 25.8. The SMILES string of the molecule is c1ccc(N(Pc2cccc(-c3cccc(-n4c5ccccc5c5ccccc54)c3)n2)c2ccccc2)cc1.c1ccc(Nc2ccccc2)cc1. The van der Waals surface area contributed by atoms with Gasteiger partial charge >= 0.3 is 0 Å². The van der Waals surface area contributed by atoms with Gasteiger partial charge < -0.3 is 14.6 Å². The first kappa shape index (κ1) is 32.7. The van der Waals surface area contributed by atoms with E-state index in [1.165, 1.54) is 21.8 Å². The van der Waals surface area contributed by atoms with Crippen molar-refractivity contribution in [2.24, 2.45) is 0 Å². The molecule has 0 saturated heterocycles. The number of anilines is 4. The zero-order valence-electron chi connectivity index (χ0n) is 28.5. The van der Waals surface area contributed by atoms with Crippen molar-refractivity contribution in [3.05, 3.63) is 212 Å². The van der Waals surface area contributed by atoms with Crippen LogP contribution in [0.1, 0.15) is 0 Å². The summed E-state index contributed by atoms with van der Waals surface area (Å²) in [5.74, 6) is 0. The lowest BCUT2D eigenvalue weighted by Crippen LogP contribution is -2.13. The third-order valence-corrected chi connectivity index (χ3v) is 10.1. The Morgan fingerprint density at radius 3 is 1.48 bits per heavy atom. The summed E-state index contributed by atoms with van der Waals surface area (Å²) in [6.07, 6.45) is 0.